The number of carbonyl (C=O) groups excluding carboxylic acids is 1. The number of nitrogens with one attached hydrogen (secondary N) is 2. The molecule has 0 spiro atoms. The van der Waals surface area contributed by atoms with Crippen molar-refractivity contribution in [2.24, 2.45) is 0 Å². The molecule has 1 aliphatic heterocycles. The number of hydrogen-bond acceptors (Lipinski definition) is 5. The molecule has 0 bridgehead atoms. The number of hydrogen-bond donors (Lipinski definition) is 2. The summed E-state index contributed by atoms with van der Waals surface area (Å²) in [6.45, 7) is 3.99. The van der Waals surface area contributed by atoms with Gasteiger partial charge in [0, 0.05) is 12.0 Å². The van der Waals surface area contributed by atoms with Gasteiger partial charge in [0.25, 0.3) is 5.56 Å². The minimum atomic E-state index is 0.0118. The minimum Gasteiger partial charge on any atom is -0.375 e. The van der Waals surface area contributed by atoms with Crippen molar-refractivity contribution < 1.29 is 14.4 Å². The average molecular weight is 377 g/mol. The van der Waals surface area contributed by atoms with Gasteiger partial charge in [0.05, 0.1) is 31.6 Å². The second-order valence-electron chi connectivity index (χ2n) is 7.14. The van der Waals surface area contributed by atoms with Crippen LogP contribution in [0.5, 0.6) is 0 Å². The number of fused-ring (bicyclic) bond motifs is 3. The zero-order valence-corrected chi connectivity index (χ0v) is 15.9. The van der Waals surface area contributed by atoms with Gasteiger partial charge in [-0.1, -0.05) is 0 Å². The molecular weight excluding hydrogens is 352 g/mol. The Bertz CT molecular complexity index is 867. The van der Waals surface area contributed by atoms with Crippen molar-refractivity contribution in [3.63, 3.8) is 0 Å². The number of quaternary nitrogens is 1. The summed E-state index contributed by atoms with van der Waals surface area (Å²) in [6, 6.07) is 0. The highest BCUT2D eigenvalue weighted by Gasteiger charge is 2.25. The maximum atomic E-state index is 12.6. The van der Waals surface area contributed by atoms with Crippen LogP contribution in [0.3, 0.4) is 0 Å². The van der Waals surface area contributed by atoms with E-state index in [1.165, 1.54) is 21.8 Å². The molecule has 140 valence electrons. The maximum Gasteiger partial charge on any atom is 0.260 e. The Hall–Kier alpha value is -1.77. The summed E-state index contributed by atoms with van der Waals surface area (Å²) in [7, 11) is 1.54. The summed E-state index contributed by atoms with van der Waals surface area (Å²) in [4.78, 5) is 37.7. The van der Waals surface area contributed by atoms with Crippen LogP contribution in [0.2, 0.25) is 0 Å². The quantitative estimate of drug-likeness (QED) is 0.769. The number of piperazine rings is 1. The topological polar surface area (TPSA) is 79.7 Å². The highest BCUT2D eigenvalue weighted by atomic mass is 32.1. The SMILES string of the molecule is COCC(=O)N1CC[NH+](Cc2nc3sc4c(c3c(=O)[nH]2)CCCC4)CC1. The van der Waals surface area contributed by atoms with E-state index >= 15 is 0 Å². The van der Waals surface area contributed by atoms with Crippen molar-refractivity contribution in [3.8, 4) is 0 Å². The third kappa shape index (κ3) is 3.41. The van der Waals surface area contributed by atoms with Gasteiger partial charge in [-0.15, -0.1) is 11.3 Å². The standard InChI is InChI=1S/C18H24N4O3S/c1-25-11-15(23)22-8-6-21(7-9-22)10-14-19-17(24)16-12-4-2-3-5-13(12)26-18(16)20-14/h2-11H2,1H3,(H,19,20,24)/p+1. The van der Waals surface area contributed by atoms with Gasteiger partial charge in [0.15, 0.2) is 5.82 Å². The molecule has 0 aromatic carbocycles. The van der Waals surface area contributed by atoms with Crippen molar-refractivity contribution in [1.29, 1.82) is 0 Å². The van der Waals surface area contributed by atoms with E-state index in [2.05, 4.69) is 4.98 Å². The number of nitrogens with zero attached hydrogens (tertiary/aromatic N) is 2. The molecule has 1 amide bonds. The van der Waals surface area contributed by atoms with Crippen LogP contribution in [0.15, 0.2) is 4.79 Å². The molecule has 4 rings (SSSR count). The number of aromatic nitrogens is 2. The number of rotatable bonds is 4. The molecule has 1 saturated heterocycles. The molecule has 2 aromatic rings. The molecule has 8 heteroatoms. The fourth-order valence-corrected chi connectivity index (χ4v) is 5.27. The molecule has 7 nitrogen and oxygen atoms in total. The second kappa shape index (κ2) is 7.46. The summed E-state index contributed by atoms with van der Waals surface area (Å²) in [5, 5.41) is 0.818. The normalized spacial score (nSPS) is 18.3. The fourth-order valence-electron chi connectivity index (χ4n) is 3.99. The largest absolute Gasteiger partial charge is 0.375 e. The lowest BCUT2D eigenvalue weighted by molar-refractivity contribution is -0.918. The van der Waals surface area contributed by atoms with Crippen molar-refractivity contribution in [2.45, 2.75) is 32.2 Å². The Morgan fingerprint density at radius 3 is 2.85 bits per heavy atom. The molecular formula is C18H25N4O3S+. The van der Waals surface area contributed by atoms with Gasteiger partial charge < -0.3 is 19.5 Å². The summed E-state index contributed by atoms with van der Waals surface area (Å²) in [5.41, 5.74) is 1.24. The second-order valence-corrected chi connectivity index (χ2v) is 8.23. The molecule has 0 unspecified atom stereocenters. The lowest BCUT2D eigenvalue weighted by Crippen LogP contribution is -3.13. The van der Waals surface area contributed by atoms with Crippen LogP contribution >= 0.6 is 11.3 Å². The van der Waals surface area contributed by atoms with E-state index in [1.807, 2.05) is 4.90 Å². The number of amides is 1. The minimum absolute atomic E-state index is 0.0118. The van der Waals surface area contributed by atoms with Crippen molar-refractivity contribution in [1.82, 2.24) is 14.9 Å². The summed E-state index contributed by atoms with van der Waals surface area (Å²) < 4.78 is 4.92. The van der Waals surface area contributed by atoms with Crippen LogP contribution in [0.4, 0.5) is 0 Å². The van der Waals surface area contributed by atoms with E-state index in [0.29, 0.717) is 6.54 Å². The lowest BCUT2D eigenvalue weighted by Gasteiger charge is -2.31. The van der Waals surface area contributed by atoms with E-state index in [0.717, 1.165) is 61.5 Å². The van der Waals surface area contributed by atoms with E-state index < -0.39 is 0 Å². The van der Waals surface area contributed by atoms with Crippen LogP contribution in [0.1, 0.15) is 29.1 Å². The van der Waals surface area contributed by atoms with E-state index in [4.69, 9.17) is 9.72 Å². The number of aryl methyl sites for hydroxylation is 2. The van der Waals surface area contributed by atoms with Gasteiger partial charge >= 0.3 is 0 Å². The molecule has 0 atom stereocenters. The van der Waals surface area contributed by atoms with Gasteiger partial charge in [-0.2, -0.15) is 0 Å². The van der Waals surface area contributed by atoms with Crippen molar-refractivity contribution in [2.75, 3.05) is 39.9 Å². The van der Waals surface area contributed by atoms with E-state index in [9.17, 15) is 9.59 Å². The number of aromatic amines is 1. The highest BCUT2D eigenvalue weighted by Crippen LogP contribution is 2.33. The van der Waals surface area contributed by atoms with Crippen LogP contribution < -0.4 is 10.5 Å². The highest BCUT2D eigenvalue weighted by molar-refractivity contribution is 7.18. The van der Waals surface area contributed by atoms with Gasteiger partial charge in [-0.3, -0.25) is 9.59 Å². The summed E-state index contributed by atoms with van der Waals surface area (Å²) in [6.07, 6.45) is 4.45. The first-order valence-corrected chi connectivity index (χ1v) is 10.1. The monoisotopic (exact) mass is 377 g/mol. The Balaban J connectivity index is 1.47. The summed E-state index contributed by atoms with van der Waals surface area (Å²) in [5.74, 6) is 0.802. The van der Waals surface area contributed by atoms with Crippen LogP contribution in [0, 0.1) is 0 Å². The molecule has 0 saturated carbocycles. The van der Waals surface area contributed by atoms with Crippen LogP contribution in [-0.2, 0) is 28.9 Å². The zero-order valence-electron chi connectivity index (χ0n) is 15.1. The van der Waals surface area contributed by atoms with Crippen molar-refractivity contribution >= 4 is 27.5 Å². The Morgan fingerprint density at radius 2 is 2.08 bits per heavy atom. The van der Waals surface area contributed by atoms with Gasteiger partial charge in [0.2, 0.25) is 5.91 Å². The number of methoxy groups -OCH3 is 1. The third-order valence-corrected chi connectivity index (χ3v) is 6.57. The molecule has 2 aromatic heterocycles. The molecule has 1 aliphatic carbocycles. The van der Waals surface area contributed by atoms with E-state index in [1.54, 1.807) is 18.4 Å². The van der Waals surface area contributed by atoms with Crippen LogP contribution in [0.25, 0.3) is 10.2 Å². The molecule has 1 fully saturated rings. The van der Waals surface area contributed by atoms with E-state index in [-0.39, 0.29) is 18.1 Å². The number of ether oxygens (including phenoxy) is 1. The maximum absolute atomic E-state index is 12.6. The molecule has 0 radical (unpaired) electrons. The molecule has 3 heterocycles. The molecule has 26 heavy (non-hydrogen) atoms. The zero-order chi connectivity index (χ0) is 18.1. The average Bonchev–Trinajstić information content (AvgIpc) is 3.01. The first-order valence-electron chi connectivity index (χ1n) is 9.29. The number of carbonyl (C=O) groups is 1. The van der Waals surface area contributed by atoms with Gasteiger partial charge in [0.1, 0.15) is 18.0 Å². The third-order valence-electron chi connectivity index (χ3n) is 5.38. The lowest BCUT2D eigenvalue weighted by atomic mass is 9.97. The Kier molecular flexibility index (Phi) is 5.06. The predicted molar refractivity (Wildman–Crippen MR) is 99.7 cm³/mol. The Labute approximate surface area is 156 Å². The first-order chi connectivity index (χ1) is 12.7. The van der Waals surface area contributed by atoms with Gasteiger partial charge in [-0.25, -0.2) is 4.98 Å². The molecule has 2 aliphatic rings. The smallest absolute Gasteiger partial charge is 0.260 e. The van der Waals surface area contributed by atoms with Crippen molar-refractivity contribution in [3.05, 3.63) is 26.6 Å². The Morgan fingerprint density at radius 1 is 1.31 bits per heavy atom. The van der Waals surface area contributed by atoms with Crippen LogP contribution in [-0.4, -0.2) is 60.7 Å². The number of H-pyrrole nitrogens is 1. The first kappa shape index (κ1) is 17.6. The fraction of sp³-hybridized carbons (Fsp3) is 0.611. The van der Waals surface area contributed by atoms with Gasteiger partial charge in [-0.05, 0) is 31.2 Å². The summed E-state index contributed by atoms with van der Waals surface area (Å²) >= 11 is 1.69. The predicted octanol–water partition coefficient (Wildman–Crippen LogP) is -0.263. The number of thiophene rings is 1. The molecule has 2 N–H and O–H groups in total.